The number of nitrogens with two attached hydrogens (primary N) is 1. The molecule has 0 aliphatic heterocycles. The number of carbonyl (C=O) groups is 2. The van der Waals surface area contributed by atoms with Gasteiger partial charge >= 0.3 is 0 Å². The maximum absolute atomic E-state index is 12.3. The number of rotatable bonds is 3. The number of benzene rings is 1. The summed E-state index contributed by atoms with van der Waals surface area (Å²) < 4.78 is 0. The van der Waals surface area contributed by atoms with Crippen LogP contribution in [0.5, 0.6) is 0 Å². The fourth-order valence-corrected chi connectivity index (χ4v) is 1.67. The van der Waals surface area contributed by atoms with Crippen molar-refractivity contribution in [1.29, 1.82) is 0 Å². The average Bonchev–Trinajstić information content (AvgIpc) is 2.45. The smallest absolute Gasteiger partial charge is 0.254 e. The lowest BCUT2D eigenvalue weighted by atomic mass is 10.0. The molecule has 5 nitrogen and oxygen atoms in total. The van der Waals surface area contributed by atoms with Crippen molar-refractivity contribution in [1.82, 2.24) is 9.80 Å². The molecular formula is C16H21N3O2. The Morgan fingerprint density at radius 2 is 1.90 bits per heavy atom. The zero-order chi connectivity index (χ0) is 16.0. The lowest BCUT2D eigenvalue weighted by Gasteiger charge is -2.19. The molecule has 1 aromatic rings. The molecule has 0 heterocycles. The molecule has 21 heavy (non-hydrogen) atoms. The summed E-state index contributed by atoms with van der Waals surface area (Å²) in [7, 11) is 4.93. The van der Waals surface area contributed by atoms with E-state index in [2.05, 4.69) is 11.8 Å². The van der Waals surface area contributed by atoms with E-state index < -0.39 is 0 Å². The third-order valence-electron chi connectivity index (χ3n) is 3.03. The van der Waals surface area contributed by atoms with Gasteiger partial charge in [0, 0.05) is 32.3 Å². The van der Waals surface area contributed by atoms with Crippen molar-refractivity contribution in [3.05, 3.63) is 34.9 Å². The number of hydrogen-bond donors (Lipinski definition) is 1. The summed E-state index contributed by atoms with van der Waals surface area (Å²) in [5, 5.41) is 0. The van der Waals surface area contributed by atoms with Gasteiger partial charge in [0.05, 0.1) is 13.1 Å². The maximum Gasteiger partial charge on any atom is 0.254 e. The predicted octanol–water partition coefficient (Wildman–Crippen LogP) is 0.465. The Hall–Kier alpha value is -2.32. The van der Waals surface area contributed by atoms with Gasteiger partial charge in [0.25, 0.3) is 5.91 Å². The third-order valence-corrected chi connectivity index (χ3v) is 3.03. The standard InChI is InChI=1S/C16H21N3O2/c1-12-7-8-14(10-13(12)6-5-9-17)16(21)19(4)11-15(20)18(2)3/h7-8,10H,9,11,17H2,1-4H3. The molecule has 0 saturated heterocycles. The highest BCUT2D eigenvalue weighted by molar-refractivity contribution is 5.96. The lowest BCUT2D eigenvalue weighted by molar-refractivity contribution is -0.129. The van der Waals surface area contributed by atoms with Gasteiger partial charge < -0.3 is 15.5 Å². The van der Waals surface area contributed by atoms with Crippen LogP contribution in [-0.2, 0) is 4.79 Å². The van der Waals surface area contributed by atoms with Crippen molar-refractivity contribution in [3.63, 3.8) is 0 Å². The highest BCUT2D eigenvalue weighted by Gasteiger charge is 2.16. The van der Waals surface area contributed by atoms with Crippen LogP contribution < -0.4 is 5.73 Å². The molecule has 112 valence electrons. The summed E-state index contributed by atoms with van der Waals surface area (Å²) in [5.41, 5.74) is 7.64. The molecule has 2 amide bonds. The molecule has 0 atom stereocenters. The first kappa shape index (κ1) is 16.7. The molecule has 0 aromatic heterocycles. The van der Waals surface area contributed by atoms with E-state index in [1.807, 2.05) is 13.0 Å². The largest absolute Gasteiger partial charge is 0.347 e. The first-order chi connectivity index (χ1) is 9.86. The normalized spacial score (nSPS) is 9.57. The Bertz CT molecular complexity index is 597. The molecule has 0 unspecified atom stereocenters. The summed E-state index contributed by atoms with van der Waals surface area (Å²) in [4.78, 5) is 26.8. The van der Waals surface area contributed by atoms with E-state index in [4.69, 9.17) is 5.73 Å². The van der Waals surface area contributed by atoms with Gasteiger partial charge in [-0.1, -0.05) is 17.9 Å². The van der Waals surface area contributed by atoms with Crippen molar-refractivity contribution in [2.75, 3.05) is 34.2 Å². The first-order valence-corrected chi connectivity index (χ1v) is 6.62. The lowest BCUT2D eigenvalue weighted by Crippen LogP contribution is -2.37. The van der Waals surface area contributed by atoms with Crippen molar-refractivity contribution in [2.24, 2.45) is 5.73 Å². The van der Waals surface area contributed by atoms with Crippen LogP contribution in [0, 0.1) is 18.8 Å². The predicted molar refractivity (Wildman–Crippen MR) is 82.8 cm³/mol. The van der Waals surface area contributed by atoms with Crippen molar-refractivity contribution >= 4 is 11.8 Å². The quantitative estimate of drug-likeness (QED) is 0.822. The van der Waals surface area contributed by atoms with E-state index >= 15 is 0 Å². The monoisotopic (exact) mass is 287 g/mol. The number of nitrogens with zero attached hydrogens (tertiary/aromatic N) is 2. The van der Waals surface area contributed by atoms with E-state index in [1.165, 1.54) is 9.80 Å². The Balaban J connectivity index is 2.94. The molecule has 5 heteroatoms. The van der Waals surface area contributed by atoms with E-state index in [-0.39, 0.29) is 24.9 Å². The zero-order valence-corrected chi connectivity index (χ0v) is 12.9. The number of amides is 2. The Morgan fingerprint density at radius 3 is 2.48 bits per heavy atom. The van der Waals surface area contributed by atoms with Crippen molar-refractivity contribution in [3.8, 4) is 11.8 Å². The van der Waals surface area contributed by atoms with Crippen LogP contribution in [0.4, 0.5) is 0 Å². The fourth-order valence-electron chi connectivity index (χ4n) is 1.67. The Kier molecular flexibility index (Phi) is 5.94. The second-order valence-electron chi connectivity index (χ2n) is 4.98. The van der Waals surface area contributed by atoms with Crippen LogP contribution in [0.15, 0.2) is 18.2 Å². The van der Waals surface area contributed by atoms with Gasteiger partial charge in [0.15, 0.2) is 0 Å². The van der Waals surface area contributed by atoms with Crippen LogP contribution in [-0.4, -0.2) is 55.8 Å². The van der Waals surface area contributed by atoms with Gasteiger partial charge in [0.2, 0.25) is 5.91 Å². The maximum atomic E-state index is 12.3. The van der Waals surface area contributed by atoms with Crippen LogP contribution in [0.3, 0.4) is 0 Å². The molecule has 0 aliphatic rings. The van der Waals surface area contributed by atoms with Gasteiger partial charge in [-0.15, -0.1) is 0 Å². The minimum atomic E-state index is -0.207. The second-order valence-corrected chi connectivity index (χ2v) is 4.98. The molecule has 0 bridgehead atoms. The van der Waals surface area contributed by atoms with Gasteiger partial charge in [-0.3, -0.25) is 9.59 Å². The first-order valence-electron chi connectivity index (χ1n) is 6.62. The number of hydrogen-bond acceptors (Lipinski definition) is 3. The van der Waals surface area contributed by atoms with E-state index in [0.717, 1.165) is 11.1 Å². The Labute approximate surface area is 125 Å². The van der Waals surface area contributed by atoms with E-state index in [9.17, 15) is 9.59 Å². The molecule has 0 fully saturated rings. The summed E-state index contributed by atoms with van der Waals surface area (Å²) in [6.07, 6.45) is 0. The Morgan fingerprint density at radius 1 is 1.24 bits per heavy atom. The second kappa shape index (κ2) is 7.46. The minimum absolute atomic E-state index is 0.0452. The highest BCUT2D eigenvalue weighted by atomic mass is 16.2. The van der Waals surface area contributed by atoms with Crippen LogP contribution in [0.25, 0.3) is 0 Å². The minimum Gasteiger partial charge on any atom is -0.347 e. The fraction of sp³-hybridized carbons (Fsp3) is 0.375. The molecule has 0 radical (unpaired) electrons. The topological polar surface area (TPSA) is 66.6 Å². The average molecular weight is 287 g/mol. The summed E-state index contributed by atoms with van der Waals surface area (Å²) in [6.45, 7) is 2.24. The molecule has 0 spiro atoms. The van der Waals surface area contributed by atoms with Gasteiger partial charge in [0.1, 0.15) is 0 Å². The molecule has 1 rings (SSSR count). The summed E-state index contributed by atoms with van der Waals surface area (Å²) >= 11 is 0. The summed E-state index contributed by atoms with van der Waals surface area (Å²) in [6, 6.07) is 5.31. The SMILES string of the molecule is Cc1ccc(C(=O)N(C)CC(=O)N(C)C)cc1C#CCN. The number of aryl methyl sites for hydroxylation is 1. The van der Waals surface area contributed by atoms with Gasteiger partial charge in [-0.25, -0.2) is 0 Å². The van der Waals surface area contributed by atoms with E-state index in [1.54, 1.807) is 33.3 Å². The highest BCUT2D eigenvalue weighted by Crippen LogP contribution is 2.12. The zero-order valence-electron chi connectivity index (χ0n) is 12.9. The van der Waals surface area contributed by atoms with Crippen LogP contribution in [0.1, 0.15) is 21.5 Å². The molecule has 2 N–H and O–H groups in total. The number of carbonyl (C=O) groups excluding carboxylic acids is 2. The van der Waals surface area contributed by atoms with Crippen molar-refractivity contribution < 1.29 is 9.59 Å². The van der Waals surface area contributed by atoms with Crippen molar-refractivity contribution in [2.45, 2.75) is 6.92 Å². The van der Waals surface area contributed by atoms with E-state index in [0.29, 0.717) is 5.56 Å². The molecule has 1 aromatic carbocycles. The van der Waals surface area contributed by atoms with Gasteiger partial charge in [-0.05, 0) is 24.6 Å². The van der Waals surface area contributed by atoms with Crippen LogP contribution >= 0.6 is 0 Å². The molecular weight excluding hydrogens is 266 g/mol. The summed E-state index contributed by atoms with van der Waals surface area (Å²) in [5.74, 6) is 5.39. The molecule has 0 saturated carbocycles. The molecule has 0 aliphatic carbocycles. The van der Waals surface area contributed by atoms with Crippen LogP contribution in [0.2, 0.25) is 0 Å². The van der Waals surface area contributed by atoms with Gasteiger partial charge in [-0.2, -0.15) is 0 Å². The third kappa shape index (κ3) is 4.62. The number of likely N-dealkylation sites (N-methyl/N-ethyl adjacent to an activating group) is 2.